The van der Waals surface area contributed by atoms with Crippen molar-refractivity contribution in [2.75, 3.05) is 6.61 Å². The van der Waals surface area contributed by atoms with Crippen LogP contribution in [-0.4, -0.2) is 32.4 Å². The van der Waals surface area contributed by atoms with Gasteiger partial charge in [0.25, 0.3) is 5.91 Å². The summed E-state index contributed by atoms with van der Waals surface area (Å²) in [4.78, 5) is 34.5. The van der Waals surface area contributed by atoms with Crippen LogP contribution in [0.4, 0.5) is 0 Å². The van der Waals surface area contributed by atoms with Gasteiger partial charge in [0, 0.05) is 12.7 Å². The van der Waals surface area contributed by atoms with Crippen LogP contribution in [0.25, 0.3) is 15.9 Å². The number of carbonyl (C=O) groups is 2. The van der Waals surface area contributed by atoms with E-state index in [0.29, 0.717) is 40.6 Å². The van der Waals surface area contributed by atoms with E-state index in [1.807, 2.05) is 28.8 Å². The number of benzene rings is 1. The van der Waals surface area contributed by atoms with Crippen LogP contribution in [0.15, 0.2) is 60.2 Å². The van der Waals surface area contributed by atoms with E-state index in [9.17, 15) is 9.59 Å². The fourth-order valence-corrected chi connectivity index (χ4v) is 4.39. The van der Waals surface area contributed by atoms with Crippen molar-refractivity contribution >= 4 is 39.1 Å². The molecular weight excluding hydrogens is 400 g/mol. The summed E-state index contributed by atoms with van der Waals surface area (Å²) in [5.74, 6) is -0.750. The van der Waals surface area contributed by atoms with E-state index in [4.69, 9.17) is 4.74 Å². The molecule has 0 saturated heterocycles. The average Bonchev–Trinajstić information content (AvgIpc) is 3.24. The zero-order valence-electron chi connectivity index (χ0n) is 16.7. The Balaban J connectivity index is 1.85. The number of hydrogen-bond donors (Lipinski definition) is 0. The number of thiazole rings is 1. The molecule has 3 heterocycles. The normalized spacial score (nSPS) is 11.9. The highest BCUT2D eigenvalue weighted by Crippen LogP contribution is 2.20. The molecule has 0 spiro atoms. The molecule has 0 radical (unpaired) electrons. The fourth-order valence-electron chi connectivity index (χ4n) is 3.32. The molecule has 0 aliphatic rings. The lowest BCUT2D eigenvalue weighted by Crippen LogP contribution is -2.17. The Morgan fingerprint density at radius 2 is 2.13 bits per heavy atom. The standard InChI is InChI=1S/C22H20N4O3S/c1-4-11-25-16-10-9-15(21(28)29-5-2)13-17(16)30-22(25)24-20(27)19-14(3)23-18-8-6-7-12-26(18)19/h4,6-10,12-13H,1,5,11H2,2-3H3. The number of allylic oxidation sites excluding steroid dienone is 1. The lowest BCUT2D eigenvalue weighted by atomic mass is 10.2. The zero-order chi connectivity index (χ0) is 21.3. The Labute approximate surface area is 176 Å². The summed E-state index contributed by atoms with van der Waals surface area (Å²) in [6.45, 7) is 8.16. The number of aryl methyl sites for hydroxylation is 1. The molecule has 1 amide bonds. The molecule has 7 nitrogen and oxygen atoms in total. The fraction of sp³-hybridized carbons (Fsp3) is 0.182. The molecule has 4 aromatic rings. The van der Waals surface area contributed by atoms with Gasteiger partial charge in [-0.1, -0.05) is 23.5 Å². The number of amides is 1. The van der Waals surface area contributed by atoms with Crippen LogP contribution in [0.2, 0.25) is 0 Å². The maximum Gasteiger partial charge on any atom is 0.338 e. The smallest absolute Gasteiger partial charge is 0.338 e. The molecule has 0 bridgehead atoms. The Morgan fingerprint density at radius 1 is 1.30 bits per heavy atom. The first-order valence-corrected chi connectivity index (χ1v) is 10.3. The minimum Gasteiger partial charge on any atom is -0.462 e. The molecule has 1 aromatic carbocycles. The number of imidazole rings is 1. The average molecular weight is 420 g/mol. The van der Waals surface area contributed by atoms with E-state index in [0.717, 1.165) is 10.2 Å². The highest BCUT2D eigenvalue weighted by atomic mass is 32.1. The van der Waals surface area contributed by atoms with Gasteiger partial charge in [-0.05, 0) is 44.2 Å². The third kappa shape index (κ3) is 3.46. The maximum atomic E-state index is 13.1. The van der Waals surface area contributed by atoms with Gasteiger partial charge < -0.3 is 9.30 Å². The third-order valence-electron chi connectivity index (χ3n) is 4.61. The molecule has 0 aliphatic heterocycles. The van der Waals surface area contributed by atoms with Crippen molar-refractivity contribution in [3.8, 4) is 0 Å². The minimum atomic E-state index is -0.376. The van der Waals surface area contributed by atoms with E-state index in [1.165, 1.54) is 11.3 Å². The molecule has 0 aliphatic carbocycles. The van der Waals surface area contributed by atoms with Crippen LogP contribution in [-0.2, 0) is 11.3 Å². The Hall–Kier alpha value is -3.52. The third-order valence-corrected chi connectivity index (χ3v) is 5.65. The molecule has 30 heavy (non-hydrogen) atoms. The predicted molar refractivity (Wildman–Crippen MR) is 116 cm³/mol. The lowest BCUT2D eigenvalue weighted by molar-refractivity contribution is 0.0526. The highest BCUT2D eigenvalue weighted by Gasteiger charge is 2.17. The van der Waals surface area contributed by atoms with Crippen molar-refractivity contribution in [3.05, 3.63) is 77.0 Å². The van der Waals surface area contributed by atoms with Crippen LogP contribution in [0.3, 0.4) is 0 Å². The second-order valence-electron chi connectivity index (χ2n) is 6.58. The number of rotatable bonds is 5. The van der Waals surface area contributed by atoms with Crippen molar-refractivity contribution in [3.63, 3.8) is 0 Å². The van der Waals surface area contributed by atoms with Crippen LogP contribution >= 0.6 is 11.3 Å². The van der Waals surface area contributed by atoms with E-state index < -0.39 is 0 Å². The zero-order valence-corrected chi connectivity index (χ0v) is 17.5. The largest absolute Gasteiger partial charge is 0.462 e. The number of aromatic nitrogens is 3. The topological polar surface area (TPSA) is 78.0 Å². The number of pyridine rings is 1. The van der Waals surface area contributed by atoms with Crippen LogP contribution < -0.4 is 4.80 Å². The van der Waals surface area contributed by atoms with Gasteiger partial charge in [-0.15, -0.1) is 6.58 Å². The SMILES string of the molecule is C=CCn1c(=NC(=O)c2c(C)nc3ccccn23)sc2cc(C(=O)OCC)ccc21. The molecule has 0 saturated carbocycles. The Kier molecular flexibility index (Phi) is 5.33. The van der Waals surface area contributed by atoms with Gasteiger partial charge in [0.05, 0.1) is 28.1 Å². The van der Waals surface area contributed by atoms with Crippen molar-refractivity contribution < 1.29 is 14.3 Å². The van der Waals surface area contributed by atoms with Gasteiger partial charge in [-0.3, -0.25) is 9.20 Å². The number of nitrogens with zero attached hydrogens (tertiary/aromatic N) is 4. The second-order valence-corrected chi connectivity index (χ2v) is 7.59. The molecule has 3 aromatic heterocycles. The summed E-state index contributed by atoms with van der Waals surface area (Å²) in [5, 5.41) is 0. The van der Waals surface area contributed by atoms with Crippen LogP contribution in [0, 0.1) is 6.92 Å². The molecule has 0 N–H and O–H groups in total. The summed E-state index contributed by atoms with van der Waals surface area (Å²) in [6, 6.07) is 10.9. The predicted octanol–water partition coefficient (Wildman–Crippen LogP) is 3.76. The summed E-state index contributed by atoms with van der Waals surface area (Å²) in [7, 11) is 0. The first-order valence-electron chi connectivity index (χ1n) is 9.47. The number of carbonyl (C=O) groups excluding carboxylic acids is 2. The monoisotopic (exact) mass is 420 g/mol. The summed E-state index contributed by atoms with van der Waals surface area (Å²) >= 11 is 1.34. The molecule has 0 fully saturated rings. The first-order chi connectivity index (χ1) is 14.5. The van der Waals surface area contributed by atoms with Gasteiger partial charge in [-0.2, -0.15) is 4.99 Å². The molecule has 4 rings (SSSR count). The van der Waals surface area contributed by atoms with Gasteiger partial charge >= 0.3 is 5.97 Å². The van der Waals surface area contributed by atoms with E-state index in [-0.39, 0.29) is 11.9 Å². The number of fused-ring (bicyclic) bond motifs is 2. The van der Waals surface area contributed by atoms with Crippen molar-refractivity contribution in [2.45, 2.75) is 20.4 Å². The number of esters is 1. The first kappa shape index (κ1) is 19.8. The Bertz CT molecular complexity index is 1360. The highest BCUT2D eigenvalue weighted by molar-refractivity contribution is 7.16. The summed E-state index contributed by atoms with van der Waals surface area (Å²) in [6.07, 6.45) is 3.54. The van der Waals surface area contributed by atoms with E-state index in [2.05, 4.69) is 16.6 Å². The summed E-state index contributed by atoms with van der Waals surface area (Å²) in [5.41, 5.74) is 3.08. The Morgan fingerprint density at radius 3 is 2.90 bits per heavy atom. The lowest BCUT2D eigenvalue weighted by Gasteiger charge is -2.03. The number of ether oxygens (including phenoxy) is 1. The second kappa shape index (κ2) is 8.08. The molecule has 0 unspecified atom stereocenters. The molecule has 152 valence electrons. The van der Waals surface area contributed by atoms with E-state index >= 15 is 0 Å². The summed E-state index contributed by atoms with van der Waals surface area (Å²) < 4.78 is 9.56. The van der Waals surface area contributed by atoms with Gasteiger partial charge in [-0.25, -0.2) is 9.78 Å². The minimum absolute atomic E-state index is 0.311. The number of hydrogen-bond acceptors (Lipinski definition) is 5. The van der Waals surface area contributed by atoms with Crippen molar-refractivity contribution in [2.24, 2.45) is 4.99 Å². The quantitative estimate of drug-likeness (QED) is 0.364. The van der Waals surface area contributed by atoms with Crippen LogP contribution in [0.1, 0.15) is 33.5 Å². The molecular formula is C22H20N4O3S. The van der Waals surface area contributed by atoms with Gasteiger partial charge in [0.1, 0.15) is 11.3 Å². The van der Waals surface area contributed by atoms with Crippen molar-refractivity contribution in [1.82, 2.24) is 14.0 Å². The van der Waals surface area contributed by atoms with Gasteiger partial charge in [0.15, 0.2) is 4.80 Å². The van der Waals surface area contributed by atoms with Gasteiger partial charge in [0.2, 0.25) is 0 Å². The molecule has 8 heteroatoms. The van der Waals surface area contributed by atoms with E-state index in [1.54, 1.807) is 42.7 Å². The molecule has 0 atom stereocenters. The maximum absolute atomic E-state index is 13.1. The van der Waals surface area contributed by atoms with Crippen molar-refractivity contribution in [1.29, 1.82) is 0 Å². The van der Waals surface area contributed by atoms with Crippen LogP contribution in [0.5, 0.6) is 0 Å².